The first-order chi connectivity index (χ1) is 14.9. The van der Waals surface area contributed by atoms with Crippen LogP contribution in [0.1, 0.15) is 50.3 Å². The molecule has 3 rings (SSSR count). The number of aromatic amines is 1. The number of piperidine rings is 1. The minimum absolute atomic E-state index is 0.0821. The first-order valence-corrected chi connectivity index (χ1v) is 11.0. The molecule has 1 aliphatic rings. The minimum atomic E-state index is -0.530. The highest BCUT2D eigenvalue weighted by molar-refractivity contribution is 6.30. The van der Waals surface area contributed by atoms with E-state index in [0.29, 0.717) is 42.3 Å². The highest BCUT2D eigenvalue weighted by atomic mass is 35.5. The molecule has 0 atom stereocenters. The van der Waals surface area contributed by atoms with E-state index in [2.05, 4.69) is 4.98 Å². The van der Waals surface area contributed by atoms with E-state index < -0.39 is 16.9 Å². The molecule has 174 valence electrons. The molecule has 2 heterocycles. The van der Waals surface area contributed by atoms with Gasteiger partial charge in [0.05, 0.1) is 6.54 Å². The van der Waals surface area contributed by atoms with Crippen molar-refractivity contribution >= 4 is 17.7 Å². The molecular weight excluding hydrogens is 434 g/mol. The molecule has 32 heavy (non-hydrogen) atoms. The van der Waals surface area contributed by atoms with Gasteiger partial charge in [-0.1, -0.05) is 11.6 Å². The molecule has 2 aromatic rings. The Kier molecular flexibility index (Phi) is 7.03. The van der Waals surface area contributed by atoms with Crippen LogP contribution in [0.2, 0.25) is 5.02 Å². The summed E-state index contributed by atoms with van der Waals surface area (Å²) in [5, 5.41) is 0.541. The van der Waals surface area contributed by atoms with Gasteiger partial charge in [-0.25, -0.2) is 9.59 Å². The summed E-state index contributed by atoms with van der Waals surface area (Å²) in [6.07, 6.45) is 2.46. The van der Waals surface area contributed by atoms with Crippen molar-refractivity contribution in [3.8, 4) is 5.75 Å². The lowest BCUT2D eigenvalue weighted by molar-refractivity contribution is 0.0125. The number of ether oxygens (including phenoxy) is 2. The molecule has 1 amide bonds. The fourth-order valence-electron chi connectivity index (χ4n) is 3.65. The highest BCUT2D eigenvalue weighted by Gasteiger charge is 2.28. The summed E-state index contributed by atoms with van der Waals surface area (Å²) in [6, 6.07) is 3.59. The Labute approximate surface area is 192 Å². The van der Waals surface area contributed by atoms with Gasteiger partial charge in [0, 0.05) is 48.3 Å². The van der Waals surface area contributed by atoms with Gasteiger partial charge in [-0.05, 0) is 52.3 Å². The smallest absolute Gasteiger partial charge is 0.410 e. The fraction of sp³-hybridized carbons (Fsp3) is 0.522. The number of hydrogen-bond acceptors (Lipinski definition) is 5. The zero-order valence-corrected chi connectivity index (χ0v) is 19.9. The number of aryl methyl sites for hydroxylation is 2. The van der Waals surface area contributed by atoms with Crippen molar-refractivity contribution in [1.82, 2.24) is 14.5 Å². The lowest BCUT2D eigenvalue weighted by Crippen LogP contribution is -2.44. The van der Waals surface area contributed by atoms with E-state index in [-0.39, 0.29) is 18.7 Å². The van der Waals surface area contributed by atoms with Crippen molar-refractivity contribution in [2.45, 2.75) is 65.7 Å². The van der Waals surface area contributed by atoms with E-state index in [1.165, 1.54) is 10.8 Å². The molecule has 0 bridgehead atoms. The van der Waals surface area contributed by atoms with Crippen LogP contribution in [-0.4, -0.2) is 45.3 Å². The molecule has 0 saturated carbocycles. The number of H-pyrrole nitrogens is 1. The molecule has 1 fully saturated rings. The van der Waals surface area contributed by atoms with Crippen LogP contribution in [0.25, 0.3) is 0 Å². The van der Waals surface area contributed by atoms with Crippen LogP contribution in [0, 0.1) is 13.8 Å². The van der Waals surface area contributed by atoms with Gasteiger partial charge in [0.15, 0.2) is 0 Å². The van der Waals surface area contributed by atoms with E-state index in [1.807, 2.05) is 33.8 Å². The Hall–Kier alpha value is -2.74. The first-order valence-electron chi connectivity index (χ1n) is 10.7. The van der Waals surface area contributed by atoms with E-state index in [1.54, 1.807) is 17.9 Å². The third-order valence-corrected chi connectivity index (χ3v) is 5.44. The van der Waals surface area contributed by atoms with Gasteiger partial charge in [-0.15, -0.1) is 0 Å². The number of halogens is 1. The Morgan fingerprint density at radius 3 is 2.44 bits per heavy atom. The van der Waals surface area contributed by atoms with Crippen LogP contribution in [0.15, 0.2) is 27.9 Å². The number of nitrogens with one attached hydrogen (secondary N) is 1. The summed E-state index contributed by atoms with van der Waals surface area (Å²) in [7, 11) is 0. The molecule has 1 aromatic carbocycles. The largest absolute Gasteiger partial charge is 0.490 e. The first kappa shape index (κ1) is 23.9. The van der Waals surface area contributed by atoms with Crippen molar-refractivity contribution in [2.75, 3.05) is 13.1 Å². The maximum atomic E-state index is 12.3. The monoisotopic (exact) mass is 463 g/mol. The van der Waals surface area contributed by atoms with Gasteiger partial charge >= 0.3 is 11.8 Å². The van der Waals surface area contributed by atoms with E-state index in [4.69, 9.17) is 21.1 Å². The molecule has 9 heteroatoms. The average molecular weight is 464 g/mol. The standard InChI is InChI=1S/C23H30ClN3O5/c1-14-10-17(24)11-16(13-27-12-15(2)20(28)25-21(27)29)19(14)31-18-6-8-26(9-7-18)22(30)32-23(3,4)5/h10-12,18H,6-9,13H2,1-5H3,(H,25,28,29). The molecule has 0 spiro atoms. The predicted molar refractivity (Wildman–Crippen MR) is 123 cm³/mol. The summed E-state index contributed by atoms with van der Waals surface area (Å²) < 4.78 is 13.2. The van der Waals surface area contributed by atoms with E-state index >= 15 is 0 Å². The molecule has 0 radical (unpaired) electrons. The van der Waals surface area contributed by atoms with E-state index in [0.717, 1.165) is 11.1 Å². The van der Waals surface area contributed by atoms with Crippen LogP contribution in [0.5, 0.6) is 5.75 Å². The van der Waals surface area contributed by atoms with Crippen molar-refractivity contribution in [3.63, 3.8) is 0 Å². The van der Waals surface area contributed by atoms with Crippen LogP contribution in [-0.2, 0) is 11.3 Å². The van der Waals surface area contributed by atoms with Crippen molar-refractivity contribution in [1.29, 1.82) is 0 Å². The third-order valence-electron chi connectivity index (χ3n) is 5.22. The zero-order valence-electron chi connectivity index (χ0n) is 19.2. The summed E-state index contributed by atoms with van der Waals surface area (Å²) in [5.41, 5.74) is 0.629. The van der Waals surface area contributed by atoms with Crippen LogP contribution < -0.4 is 16.0 Å². The topological polar surface area (TPSA) is 93.6 Å². The lowest BCUT2D eigenvalue weighted by Gasteiger charge is -2.34. The van der Waals surface area contributed by atoms with Crippen LogP contribution >= 0.6 is 11.6 Å². The normalized spacial score (nSPS) is 15.0. The third kappa shape index (κ3) is 5.94. The number of rotatable bonds is 4. The summed E-state index contributed by atoms with van der Waals surface area (Å²) >= 11 is 6.28. The van der Waals surface area contributed by atoms with Crippen LogP contribution in [0.3, 0.4) is 0 Å². The second-order valence-corrected chi connectivity index (χ2v) is 9.63. The number of hydrogen-bond donors (Lipinski definition) is 1. The summed E-state index contributed by atoms with van der Waals surface area (Å²) in [6.45, 7) is 10.4. The second kappa shape index (κ2) is 9.40. The summed E-state index contributed by atoms with van der Waals surface area (Å²) in [4.78, 5) is 40.2. The maximum Gasteiger partial charge on any atom is 0.410 e. The Balaban J connectivity index is 1.76. The number of amides is 1. The van der Waals surface area contributed by atoms with Crippen LogP contribution in [0.4, 0.5) is 4.79 Å². The number of carbonyl (C=O) groups excluding carboxylic acids is 1. The Bertz CT molecular complexity index is 1110. The SMILES string of the molecule is Cc1cc(Cl)cc(Cn2cc(C)c(=O)[nH]c2=O)c1OC1CCN(C(=O)OC(C)(C)C)CC1. The minimum Gasteiger partial charge on any atom is -0.490 e. The quantitative estimate of drug-likeness (QED) is 0.747. The molecule has 8 nitrogen and oxygen atoms in total. The fourth-order valence-corrected chi connectivity index (χ4v) is 3.95. The molecular formula is C23H30ClN3O5. The van der Waals surface area contributed by atoms with Crippen molar-refractivity contribution in [2.24, 2.45) is 0 Å². The Morgan fingerprint density at radius 1 is 1.16 bits per heavy atom. The summed E-state index contributed by atoms with van der Waals surface area (Å²) in [5.74, 6) is 0.667. The molecule has 1 aromatic heterocycles. The molecule has 1 N–H and O–H groups in total. The molecule has 1 aliphatic heterocycles. The van der Waals surface area contributed by atoms with Crippen molar-refractivity contribution < 1.29 is 14.3 Å². The zero-order chi connectivity index (χ0) is 23.6. The number of benzene rings is 1. The van der Waals surface area contributed by atoms with Gasteiger partial charge in [0.25, 0.3) is 5.56 Å². The second-order valence-electron chi connectivity index (χ2n) is 9.19. The van der Waals surface area contributed by atoms with Gasteiger partial charge in [-0.3, -0.25) is 14.3 Å². The average Bonchev–Trinajstić information content (AvgIpc) is 2.68. The number of likely N-dealkylation sites (tertiary alicyclic amines) is 1. The van der Waals surface area contributed by atoms with Gasteiger partial charge < -0.3 is 14.4 Å². The number of carbonyl (C=O) groups is 1. The van der Waals surface area contributed by atoms with Crippen molar-refractivity contribution in [3.05, 3.63) is 60.9 Å². The molecule has 1 saturated heterocycles. The van der Waals surface area contributed by atoms with Gasteiger partial charge in [-0.2, -0.15) is 0 Å². The maximum absolute atomic E-state index is 12.3. The molecule has 0 unspecified atom stereocenters. The van der Waals surface area contributed by atoms with E-state index in [9.17, 15) is 14.4 Å². The van der Waals surface area contributed by atoms with Gasteiger partial charge in [0.1, 0.15) is 17.5 Å². The van der Waals surface area contributed by atoms with Gasteiger partial charge in [0.2, 0.25) is 0 Å². The number of aromatic nitrogens is 2. The highest BCUT2D eigenvalue weighted by Crippen LogP contribution is 2.31. The Morgan fingerprint density at radius 2 is 1.81 bits per heavy atom. The number of nitrogens with zero attached hydrogens (tertiary/aromatic N) is 2. The predicted octanol–water partition coefficient (Wildman–Crippen LogP) is 3.63. The molecule has 0 aliphatic carbocycles. The lowest BCUT2D eigenvalue weighted by atomic mass is 10.1.